The summed E-state index contributed by atoms with van der Waals surface area (Å²) in [5, 5.41) is 8.53. The summed E-state index contributed by atoms with van der Waals surface area (Å²) in [5.41, 5.74) is 13.6. The number of nitrogens with two attached hydrogens (primary N) is 1. The van der Waals surface area contributed by atoms with E-state index in [9.17, 15) is 14.4 Å². The fraction of sp³-hybridized carbons (Fsp3) is 0.490. The Balaban J connectivity index is 0.687. The molecule has 6 N–H and O–H groups in total. The summed E-state index contributed by atoms with van der Waals surface area (Å²) < 4.78 is 6.28. The van der Waals surface area contributed by atoms with Crippen LogP contribution in [0.2, 0.25) is 10.0 Å². The van der Waals surface area contributed by atoms with Gasteiger partial charge >= 0.3 is 0 Å². The topological polar surface area (TPSA) is 177 Å². The summed E-state index contributed by atoms with van der Waals surface area (Å²) in [7, 11) is 3.65. The molecule has 4 saturated heterocycles. The van der Waals surface area contributed by atoms with Crippen LogP contribution in [0.25, 0.3) is 0 Å². The molecule has 9 rings (SSSR count). The van der Waals surface area contributed by atoms with Gasteiger partial charge in [0.1, 0.15) is 17.7 Å². The largest absolute Gasteiger partial charge is 0.486 e. The van der Waals surface area contributed by atoms with E-state index in [0.717, 1.165) is 86.0 Å². The Morgan fingerprint density at radius 3 is 2.34 bits per heavy atom. The molecular weight excluding hydrogens is 892 g/mol. The minimum Gasteiger partial charge on any atom is -0.486 e. The van der Waals surface area contributed by atoms with E-state index in [2.05, 4.69) is 66.6 Å². The molecule has 356 valence electrons. The number of halogens is 2. The maximum absolute atomic E-state index is 13.6. The Labute approximate surface area is 402 Å². The van der Waals surface area contributed by atoms with Crippen LogP contribution in [-0.4, -0.2) is 122 Å². The second-order valence-electron chi connectivity index (χ2n) is 19.1. The van der Waals surface area contributed by atoms with Crippen molar-refractivity contribution in [1.29, 1.82) is 0 Å². The van der Waals surface area contributed by atoms with Crippen LogP contribution in [0, 0.1) is 11.3 Å². The number of likely N-dealkylation sites (tertiary alicyclic amines) is 3. The molecule has 1 unspecified atom stereocenters. The molecule has 7 heterocycles. The van der Waals surface area contributed by atoms with Crippen LogP contribution in [0.15, 0.2) is 67.1 Å². The van der Waals surface area contributed by atoms with Gasteiger partial charge in [0.05, 0.1) is 34.0 Å². The number of hydrogen-bond donors (Lipinski definition) is 5. The number of carbonyl (C=O) groups excluding carboxylic acids is 3. The smallest absolute Gasteiger partial charge is 0.236 e. The molecule has 4 fully saturated rings. The number of ether oxygens (including phenoxy) is 1. The van der Waals surface area contributed by atoms with E-state index in [1.54, 1.807) is 17.4 Å². The Morgan fingerprint density at radius 1 is 0.925 bits per heavy atom. The van der Waals surface area contributed by atoms with Crippen LogP contribution in [0.3, 0.4) is 0 Å². The number of fused-ring (bicyclic) bond motifs is 1. The van der Waals surface area contributed by atoms with Gasteiger partial charge in [-0.25, -0.2) is 16.3 Å². The zero-order valence-corrected chi connectivity index (χ0v) is 40.1. The minimum absolute atomic E-state index is 0.00176. The summed E-state index contributed by atoms with van der Waals surface area (Å²) in [4.78, 5) is 56.7. The number of hydrazine groups is 2. The minimum atomic E-state index is -0.374. The summed E-state index contributed by atoms with van der Waals surface area (Å²) in [6.07, 6.45) is 8.46. The number of carbonyl (C=O) groups is 3. The second kappa shape index (κ2) is 20.2. The van der Waals surface area contributed by atoms with Crippen molar-refractivity contribution in [2.45, 2.75) is 63.6 Å². The van der Waals surface area contributed by atoms with Crippen LogP contribution in [0.4, 0.5) is 17.2 Å². The number of hydrogen-bond acceptors (Lipinski definition) is 13. The van der Waals surface area contributed by atoms with E-state index >= 15 is 0 Å². The van der Waals surface area contributed by atoms with E-state index in [0.29, 0.717) is 79.3 Å². The lowest BCUT2D eigenvalue weighted by atomic mass is 9.72. The highest BCUT2D eigenvalue weighted by Crippen LogP contribution is 2.44. The predicted molar refractivity (Wildman–Crippen MR) is 261 cm³/mol. The number of nitrogens with one attached hydrogen (secondary N) is 4. The highest BCUT2D eigenvalue weighted by Gasteiger charge is 2.54. The van der Waals surface area contributed by atoms with Crippen LogP contribution in [0.1, 0.15) is 84.9 Å². The van der Waals surface area contributed by atoms with E-state index in [4.69, 9.17) is 38.8 Å². The fourth-order valence-electron chi connectivity index (χ4n) is 10.5. The molecule has 1 spiro atoms. The number of nitrogens with zero attached hydrogens (tertiary/aromatic N) is 7. The van der Waals surface area contributed by atoms with Crippen molar-refractivity contribution < 1.29 is 19.1 Å². The number of anilines is 3. The quantitative estimate of drug-likeness (QED) is 0.0774. The Kier molecular flexibility index (Phi) is 14.1. The normalized spacial score (nSPS) is 19.9. The Morgan fingerprint density at radius 2 is 1.66 bits per heavy atom. The van der Waals surface area contributed by atoms with Gasteiger partial charge in [0.2, 0.25) is 17.7 Å². The third-order valence-corrected chi connectivity index (χ3v) is 14.9. The van der Waals surface area contributed by atoms with E-state index in [1.165, 1.54) is 5.56 Å². The molecule has 67 heavy (non-hydrogen) atoms. The molecule has 3 amide bonds. The molecule has 0 aliphatic carbocycles. The van der Waals surface area contributed by atoms with Gasteiger partial charge in [-0.2, -0.15) is 0 Å². The van der Waals surface area contributed by atoms with E-state index < -0.39 is 0 Å². The molecule has 0 radical (unpaired) electrons. The SMILES string of the molecule is CNCCC(=O)NCc1ccc(C2CCN(CC(=O)N3CCC(C(=O)N4CC5(C4)CN(c4ccc(C6NNc7ccc(O[C@H](C)c8c(Cl)cncc8Cl)cc76)cn4)C5)CC3)CC2)cc1N(C)N. The first-order valence-electron chi connectivity index (χ1n) is 23.5. The standard InChI is InChI=1S/C49H62Cl2N12O4/c1-31(46-39(50)24-54-25-40(46)51)67-37-7-8-41-38(21-37)47(58-57-41)36-6-9-43(55-23-36)62-27-49(28-62)29-63(30-49)48(66)33-13-18-61(19-14-33)45(65)26-60-16-11-32(12-17-60)34-4-5-35(42(20-34)59(3)52)22-56-44(64)10-15-53-2/h4-9,20-21,23-25,31-33,47,53,57-58H,10-19,22,26-30,52H2,1-3H3,(H,56,64)/t31-,47?/m1/s1. The van der Waals surface area contributed by atoms with Crippen LogP contribution in [0.5, 0.6) is 5.75 Å². The highest BCUT2D eigenvalue weighted by molar-refractivity contribution is 6.35. The van der Waals surface area contributed by atoms with E-state index in [-0.39, 0.29) is 41.2 Å². The van der Waals surface area contributed by atoms with Crippen molar-refractivity contribution in [3.63, 3.8) is 0 Å². The lowest BCUT2D eigenvalue weighted by molar-refractivity contribution is -0.152. The monoisotopic (exact) mass is 952 g/mol. The zero-order chi connectivity index (χ0) is 46.8. The lowest BCUT2D eigenvalue weighted by Gasteiger charge is -2.61. The lowest BCUT2D eigenvalue weighted by Crippen LogP contribution is -2.73. The van der Waals surface area contributed by atoms with Gasteiger partial charge in [0.15, 0.2) is 0 Å². The van der Waals surface area contributed by atoms with Crippen molar-refractivity contribution in [2.75, 3.05) is 94.9 Å². The Bertz CT molecular complexity index is 2410. The third-order valence-electron chi connectivity index (χ3n) is 14.3. The zero-order valence-electron chi connectivity index (χ0n) is 38.6. The van der Waals surface area contributed by atoms with Crippen molar-refractivity contribution in [1.82, 2.24) is 40.7 Å². The van der Waals surface area contributed by atoms with E-state index in [1.807, 2.05) is 55.2 Å². The highest BCUT2D eigenvalue weighted by atomic mass is 35.5. The van der Waals surface area contributed by atoms with Crippen LogP contribution in [-0.2, 0) is 20.9 Å². The predicted octanol–water partition coefficient (Wildman–Crippen LogP) is 5.25. The maximum Gasteiger partial charge on any atom is 0.236 e. The summed E-state index contributed by atoms with van der Waals surface area (Å²) in [5.74, 6) is 8.58. The van der Waals surface area contributed by atoms with Gasteiger partial charge in [0, 0.05) is 107 Å². The first kappa shape index (κ1) is 46.9. The molecule has 16 nitrogen and oxygen atoms in total. The van der Waals surface area contributed by atoms with Gasteiger partial charge in [-0.1, -0.05) is 41.4 Å². The molecule has 0 bridgehead atoms. The van der Waals surface area contributed by atoms with Crippen LogP contribution >= 0.6 is 23.2 Å². The summed E-state index contributed by atoms with van der Waals surface area (Å²) in [6.45, 7) is 9.64. The molecule has 18 heteroatoms. The van der Waals surface area contributed by atoms with Gasteiger partial charge in [-0.3, -0.25) is 24.3 Å². The average Bonchev–Trinajstić information content (AvgIpc) is 3.73. The molecular formula is C49H62Cl2N12O4. The average molecular weight is 954 g/mol. The molecule has 0 saturated carbocycles. The van der Waals surface area contributed by atoms with Gasteiger partial charge in [-0.15, -0.1) is 0 Å². The summed E-state index contributed by atoms with van der Waals surface area (Å²) in [6, 6.07) is 16.4. The number of rotatable bonds is 15. The van der Waals surface area contributed by atoms with Crippen LogP contribution < -0.4 is 42.0 Å². The van der Waals surface area contributed by atoms with Crippen molar-refractivity contribution >= 4 is 58.1 Å². The molecule has 2 aromatic carbocycles. The second-order valence-corrected chi connectivity index (χ2v) is 19.9. The van der Waals surface area contributed by atoms with Gasteiger partial charge in [-0.05, 0) is 106 Å². The molecule has 5 aliphatic rings. The number of benzene rings is 2. The number of pyridine rings is 2. The number of amides is 3. The fourth-order valence-corrected chi connectivity index (χ4v) is 11.2. The number of piperidine rings is 2. The first-order chi connectivity index (χ1) is 32.4. The maximum atomic E-state index is 13.6. The van der Waals surface area contributed by atoms with Crippen molar-refractivity contribution in [3.8, 4) is 5.75 Å². The third kappa shape index (κ3) is 10.3. The van der Waals surface area contributed by atoms with Gasteiger partial charge in [0.25, 0.3) is 0 Å². The Hall–Kier alpha value is -5.23. The van der Waals surface area contributed by atoms with Gasteiger partial charge < -0.3 is 40.5 Å². The molecule has 5 aliphatic heterocycles. The first-order valence-corrected chi connectivity index (χ1v) is 24.3. The van der Waals surface area contributed by atoms with Crippen molar-refractivity contribution in [3.05, 3.63) is 105 Å². The van der Waals surface area contributed by atoms with Crippen molar-refractivity contribution in [2.24, 2.45) is 17.2 Å². The molecule has 2 atom stereocenters. The molecule has 4 aromatic rings. The molecule has 2 aromatic heterocycles. The number of aromatic nitrogens is 2. The summed E-state index contributed by atoms with van der Waals surface area (Å²) >= 11 is 12.8.